The minimum absolute atomic E-state index is 0.0879. The van der Waals surface area contributed by atoms with E-state index in [9.17, 15) is 9.90 Å². The van der Waals surface area contributed by atoms with E-state index in [2.05, 4.69) is 5.16 Å². The summed E-state index contributed by atoms with van der Waals surface area (Å²) in [5.41, 5.74) is 6.74. The van der Waals surface area contributed by atoms with Gasteiger partial charge in [-0.2, -0.15) is 0 Å². The molecule has 0 saturated heterocycles. The molecular weight excluding hydrogens is 470 g/mol. The molecule has 0 atom stereocenters. The van der Waals surface area contributed by atoms with Crippen LogP contribution in [0.4, 0.5) is 0 Å². The standard InChI is InChI=1S/C29H27N3O5/c1-5-35-24-13-20(29(33)34)14-25(36-6-2)28(24)32-16-22(19-10-8-7-9-11-19)27-23(32)12-21(15-30-27)26-17(3)31-37-18(26)4/h7-16H,5-6H2,1-4H3,(H,33,34). The van der Waals surface area contributed by atoms with E-state index in [1.165, 1.54) is 12.1 Å². The summed E-state index contributed by atoms with van der Waals surface area (Å²) in [6.45, 7) is 8.20. The van der Waals surface area contributed by atoms with E-state index >= 15 is 0 Å². The van der Waals surface area contributed by atoms with Crippen LogP contribution in [-0.2, 0) is 0 Å². The van der Waals surface area contributed by atoms with E-state index in [1.54, 1.807) is 0 Å². The summed E-state index contributed by atoms with van der Waals surface area (Å²) in [6.07, 6.45) is 3.82. The van der Waals surface area contributed by atoms with Crippen molar-refractivity contribution < 1.29 is 23.9 Å². The van der Waals surface area contributed by atoms with Crippen molar-refractivity contribution in [2.45, 2.75) is 27.7 Å². The molecule has 3 heterocycles. The monoisotopic (exact) mass is 497 g/mol. The molecule has 0 bridgehead atoms. The smallest absolute Gasteiger partial charge is 0.335 e. The number of carboxylic acids is 1. The Morgan fingerprint density at radius 1 is 1.00 bits per heavy atom. The molecule has 2 aromatic carbocycles. The van der Waals surface area contributed by atoms with Crippen LogP contribution in [0, 0.1) is 13.8 Å². The highest BCUT2D eigenvalue weighted by Gasteiger charge is 2.23. The number of aromatic nitrogens is 3. The predicted octanol–water partition coefficient (Wildman–Crippen LogP) is 6.46. The van der Waals surface area contributed by atoms with Crippen molar-refractivity contribution in [2.24, 2.45) is 0 Å². The summed E-state index contributed by atoms with van der Waals surface area (Å²) in [5, 5.41) is 13.8. The molecule has 5 aromatic rings. The minimum atomic E-state index is -1.06. The lowest BCUT2D eigenvalue weighted by atomic mass is 10.0. The van der Waals surface area contributed by atoms with Gasteiger partial charge < -0.3 is 23.7 Å². The quantitative estimate of drug-likeness (QED) is 0.263. The van der Waals surface area contributed by atoms with Crippen LogP contribution in [0.1, 0.15) is 35.7 Å². The van der Waals surface area contributed by atoms with Gasteiger partial charge >= 0.3 is 5.97 Å². The van der Waals surface area contributed by atoms with Gasteiger partial charge in [-0.1, -0.05) is 35.5 Å². The average molecular weight is 498 g/mol. The molecular formula is C29H27N3O5. The normalized spacial score (nSPS) is 11.1. The fourth-order valence-corrected chi connectivity index (χ4v) is 4.62. The second-order valence-electron chi connectivity index (χ2n) is 8.56. The third kappa shape index (κ3) is 4.31. The minimum Gasteiger partial charge on any atom is -0.492 e. The maximum Gasteiger partial charge on any atom is 0.335 e. The first-order valence-corrected chi connectivity index (χ1v) is 12.1. The maximum absolute atomic E-state index is 11.9. The van der Waals surface area contributed by atoms with Crippen molar-refractivity contribution in [1.29, 1.82) is 0 Å². The first kappa shape index (κ1) is 24.1. The van der Waals surface area contributed by atoms with Gasteiger partial charge in [-0.3, -0.25) is 4.98 Å². The van der Waals surface area contributed by atoms with E-state index in [-0.39, 0.29) is 5.56 Å². The SMILES string of the molecule is CCOc1cc(C(=O)O)cc(OCC)c1-n1cc(-c2ccccc2)c2ncc(-c3c(C)noc3C)cc21. The molecule has 3 aromatic heterocycles. The number of carboxylic acid groups (broad SMARTS) is 1. The molecule has 8 nitrogen and oxygen atoms in total. The molecule has 0 aliphatic rings. The second-order valence-corrected chi connectivity index (χ2v) is 8.56. The molecule has 0 unspecified atom stereocenters. The van der Waals surface area contributed by atoms with Crippen LogP contribution < -0.4 is 9.47 Å². The molecule has 0 spiro atoms. The Kier molecular flexibility index (Phi) is 6.40. The van der Waals surface area contributed by atoms with Gasteiger partial charge in [0.2, 0.25) is 0 Å². The number of pyridine rings is 1. The lowest BCUT2D eigenvalue weighted by Gasteiger charge is -2.18. The maximum atomic E-state index is 11.9. The zero-order chi connectivity index (χ0) is 26.1. The fourth-order valence-electron chi connectivity index (χ4n) is 4.62. The van der Waals surface area contributed by atoms with Crippen molar-refractivity contribution in [2.75, 3.05) is 13.2 Å². The van der Waals surface area contributed by atoms with Gasteiger partial charge in [-0.25, -0.2) is 4.79 Å². The number of carbonyl (C=O) groups is 1. The van der Waals surface area contributed by atoms with E-state index in [4.69, 9.17) is 19.0 Å². The Morgan fingerprint density at radius 3 is 2.24 bits per heavy atom. The zero-order valence-corrected chi connectivity index (χ0v) is 21.1. The molecule has 8 heteroatoms. The summed E-state index contributed by atoms with van der Waals surface area (Å²) < 4.78 is 19.3. The van der Waals surface area contributed by atoms with Crippen LogP contribution in [-0.4, -0.2) is 39.0 Å². The highest BCUT2D eigenvalue weighted by atomic mass is 16.5. The summed E-state index contributed by atoms with van der Waals surface area (Å²) in [7, 11) is 0. The van der Waals surface area contributed by atoms with E-state index < -0.39 is 5.97 Å². The van der Waals surface area contributed by atoms with E-state index in [0.717, 1.165) is 39.0 Å². The van der Waals surface area contributed by atoms with Crippen LogP contribution >= 0.6 is 0 Å². The Bertz CT molecular complexity index is 1550. The molecule has 0 aliphatic heterocycles. The number of fused-ring (bicyclic) bond motifs is 1. The van der Waals surface area contributed by atoms with Gasteiger partial charge in [0.25, 0.3) is 0 Å². The lowest BCUT2D eigenvalue weighted by Crippen LogP contribution is -2.07. The third-order valence-electron chi connectivity index (χ3n) is 6.17. The zero-order valence-electron chi connectivity index (χ0n) is 21.1. The number of aryl methyl sites for hydroxylation is 2. The number of hydrogen-bond donors (Lipinski definition) is 1. The number of nitrogens with zero attached hydrogens (tertiary/aromatic N) is 3. The Balaban J connectivity index is 1.86. The van der Waals surface area contributed by atoms with Crippen LogP contribution in [0.25, 0.3) is 39.0 Å². The van der Waals surface area contributed by atoms with Crippen LogP contribution in [0.5, 0.6) is 11.5 Å². The molecule has 0 radical (unpaired) electrons. The van der Waals surface area contributed by atoms with Crippen LogP contribution in [0.3, 0.4) is 0 Å². The largest absolute Gasteiger partial charge is 0.492 e. The summed E-state index contributed by atoms with van der Waals surface area (Å²) >= 11 is 0. The van der Waals surface area contributed by atoms with Crippen LogP contribution in [0.15, 0.2) is 65.4 Å². The van der Waals surface area contributed by atoms with Crippen molar-refractivity contribution in [3.63, 3.8) is 0 Å². The molecule has 0 saturated carbocycles. The Morgan fingerprint density at radius 2 is 1.68 bits per heavy atom. The van der Waals surface area contributed by atoms with Gasteiger partial charge in [0.1, 0.15) is 22.9 Å². The molecule has 0 aliphatic carbocycles. The molecule has 1 N–H and O–H groups in total. The third-order valence-corrected chi connectivity index (χ3v) is 6.17. The van der Waals surface area contributed by atoms with Gasteiger partial charge in [-0.15, -0.1) is 0 Å². The topological polar surface area (TPSA) is 99.6 Å². The van der Waals surface area contributed by atoms with E-state index in [0.29, 0.717) is 36.2 Å². The number of rotatable bonds is 8. The summed E-state index contributed by atoms with van der Waals surface area (Å²) in [5.74, 6) is 0.462. The Hall–Kier alpha value is -4.59. The average Bonchev–Trinajstić information content (AvgIpc) is 3.43. The second kappa shape index (κ2) is 9.81. The first-order valence-electron chi connectivity index (χ1n) is 12.1. The van der Waals surface area contributed by atoms with Crippen molar-refractivity contribution in [3.8, 4) is 39.4 Å². The molecule has 5 rings (SSSR count). The molecule has 37 heavy (non-hydrogen) atoms. The van der Waals surface area contributed by atoms with Gasteiger partial charge in [0.05, 0.1) is 35.5 Å². The number of ether oxygens (including phenoxy) is 2. The van der Waals surface area contributed by atoms with Crippen molar-refractivity contribution in [3.05, 3.63) is 77.9 Å². The highest BCUT2D eigenvalue weighted by molar-refractivity contribution is 5.97. The van der Waals surface area contributed by atoms with E-state index in [1.807, 2.05) is 81.1 Å². The summed E-state index contributed by atoms with van der Waals surface area (Å²) in [4.78, 5) is 16.7. The number of aromatic carboxylic acids is 1. The molecule has 0 amide bonds. The number of hydrogen-bond acceptors (Lipinski definition) is 6. The van der Waals surface area contributed by atoms with Crippen molar-refractivity contribution in [1.82, 2.24) is 14.7 Å². The highest BCUT2D eigenvalue weighted by Crippen LogP contribution is 2.41. The van der Waals surface area contributed by atoms with Gasteiger partial charge in [-0.05, 0) is 51.5 Å². The number of benzene rings is 2. The van der Waals surface area contributed by atoms with Crippen LogP contribution in [0.2, 0.25) is 0 Å². The van der Waals surface area contributed by atoms with Crippen molar-refractivity contribution >= 4 is 17.0 Å². The van der Waals surface area contributed by atoms with Gasteiger partial charge in [0, 0.05) is 29.1 Å². The summed E-state index contributed by atoms with van der Waals surface area (Å²) in [6, 6.07) is 15.1. The Labute approximate surface area is 214 Å². The predicted molar refractivity (Wildman–Crippen MR) is 141 cm³/mol. The molecule has 188 valence electrons. The van der Waals surface area contributed by atoms with Gasteiger partial charge in [0.15, 0.2) is 0 Å². The lowest BCUT2D eigenvalue weighted by molar-refractivity contribution is 0.0695. The molecule has 0 fully saturated rings. The fraction of sp³-hybridized carbons (Fsp3) is 0.207. The first-order chi connectivity index (χ1) is 17.9.